The molecule has 3 heterocycles. The van der Waals surface area contributed by atoms with Gasteiger partial charge in [0.1, 0.15) is 11.2 Å². The highest BCUT2D eigenvalue weighted by Crippen LogP contribution is 2.33. The van der Waals surface area contributed by atoms with Crippen molar-refractivity contribution in [3.05, 3.63) is 58.9 Å². The number of ether oxygens (including phenoxy) is 2. The van der Waals surface area contributed by atoms with Gasteiger partial charge < -0.3 is 29.5 Å². The molecule has 50 heavy (non-hydrogen) atoms. The number of aryl methyl sites for hydroxylation is 2. The first-order valence-corrected chi connectivity index (χ1v) is 19.1. The van der Waals surface area contributed by atoms with E-state index in [1.165, 1.54) is 86.8 Å². The highest BCUT2D eigenvalue weighted by molar-refractivity contribution is 5.71. The number of fused-ring (bicyclic) bond motifs is 2. The van der Waals surface area contributed by atoms with E-state index in [4.69, 9.17) is 9.47 Å². The first-order valence-electron chi connectivity index (χ1n) is 19.1. The SMILES string of the molecule is CC1Cc2c(cccc2N2CCN(C(=O)OC(C)(C)C)CC2)CN1C(=O)OC(C)(C)C.CNCC1CCCCC1.c1cnc2c(c1)CCCC2. The number of benzene rings is 1. The molecule has 1 atom stereocenters. The highest BCUT2D eigenvalue weighted by Gasteiger charge is 2.33. The number of carbonyl (C=O) groups is 2. The lowest BCUT2D eigenvalue weighted by Crippen LogP contribution is -2.51. The lowest BCUT2D eigenvalue weighted by Gasteiger charge is -2.40. The molecule has 1 aromatic carbocycles. The van der Waals surface area contributed by atoms with Gasteiger partial charge in [-0.05, 0) is 142 Å². The maximum Gasteiger partial charge on any atom is 0.410 e. The molecule has 1 aromatic heterocycles. The molecule has 4 aliphatic rings. The summed E-state index contributed by atoms with van der Waals surface area (Å²) in [6.45, 7) is 18.0. The molecule has 1 unspecified atom stereocenters. The first kappa shape index (κ1) is 39.5. The van der Waals surface area contributed by atoms with Crippen LogP contribution in [0.25, 0.3) is 0 Å². The van der Waals surface area contributed by atoms with E-state index in [1.807, 2.05) is 58.7 Å². The Labute approximate surface area is 302 Å². The zero-order valence-corrected chi connectivity index (χ0v) is 32.4. The molecule has 0 bridgehead atoms. The Morgan fingerprint density at radius 2 is 1.46 bits per heavy atom. The molecule has 2 aliphatic heterocycles. The van der Waals surface area contributed by atoms with Crippen molar-refractivity contribution in [3.63, 3.8) is 0 Å². The molecule has 2 aromatic rings. The molecule has 2 fully saturated rings. The number of piperazine rings is 1. The minimum absolute atomic E-state index is 0.0616. The van der Waals surface area contributed by atoms with Crippen molar-refractivity contribution in [1.29, 1.82) is 0 Å². The van der Waals surface area contributed by atoms with Gasteiger partial charge in [0.25, 0.3) is 0 Å². The average Bonchev–Trinajstić information content (AvgIpc) is 3.07. The van der Waals surface area contributed by atoms with Crippen molar-refractivity contribution in [2.24, 2.45) is 5.92 Å². The zero-order chi connectivity index (χ0) is 36.3. The third kappa shape index (κ3) is 12.2. The van der Waals surface area contributed by atoms with Crippen molar-refractivity contribution in [2.75, 3.05) is 44.7 Å². The summed E-state index contributed by atoms with van der Waals surface area (Å²) in [5.41, 5.74) is 5.46. The van der Waals surface area contributed by atoms with Crippen LogP contribution < -0.4 is 10.2 Å². The monoisotopic (exact) mass is 692 g/mol. The summed E-state index contributed by atoms with van der Waals surface area (Å²) in [4.78, 5) is 35.3. The van der Waals surface area contributed by atoms with Crippen molar-refractivity contribution in [1.82, 2.24) is 20.1 Å². The number of anilines is 1. The Balaban J connectivity index is 0.000000237. The minimum Gasteiger partial charge on any atom is -0.444 e. The van der Waals surface area contributed by atoms with Crippen LogP contribution in [0.1, 0.15) is 116 Å². The molecule has 9 nitrogen and oxygen atoms in total. The van der Waals surface area contributed by atoms with Gasteiger partial charge in [0.05, 0.1) is 0 Å². The quantitative estimate of drug-likeness (QED) is 0.348. The number of pyridine rings is 1. The second-order valence-electron chi connectivity index (χ2n) is 16.4. The van der Waals surface area contributed by atoms with Crippen LogP contribution in [0.15, 0.2) is 36.5 Å². The minimum atomic E-state index is -0.507. The Kier molecular flexibility index (Phi) is 14.4. The van der Waals surface area contributed by atoms with Crippen molar-refractivity contribution in [3.8, 4) is 0 Å². The maximum atomic E-state index is 12.7. The molecule has 0 spiro atoms. The van der Waals surface area contributed by atoms with E-state index in [0.717, 1.165) is 31.0 Å². The Morgan fingerprint density at radius 1 is 0.820 bits per heavy atom. The number of nitrogens with zero attached hydrogens (tertiary/aromatic N) is 4. The maximum absolute atomic E-state index is 12.7. The molecule has 2 amide bonds. The van der Waals surface area contributed by atoms with Crippen molar-refractivity contribution >= 4 is 17.9 Å². The van der Waals surface area contributed by atoms with E-state index >= 15 is 0 Å². The molecule has 9 heteroatoms. The fourth-order valence-corrected chi connectivity index (χ4v) is 7.28. The standard InChI is InChI=1S/C24H37N3O4.C9H11N.C8H17N/c1-17-15-19-18(16-27(17)22(29)31-24(5,6)7)9-8-10-20(19)25-11-13-26(14-12-25)21(28)30-23(2,3)4;1-2-6-9-8(4-1)5-3-7-10-9;1-9-7-8-5-3-2-4-6-8/h8-10,17H,11-16H2,1-7H3;3,5,7H,1-2,4,6H2;8-9H,2-7H2,1H3. The van der Waals surface area contributed by atoms with E-state index < -0.39 is 11.2 Å². The lowest BCUT2D eigenvalue weighted by molar-refractivity contribution is 0.0138. The summed E-state index contributed by atoms with van der Waals surface area (Å²) in [6.07, 6.45) is 14.6. The molecule has 0 radical (unpaired) electrons. The van der Waals surface area contributed by atoms with Gasteiger partial charge in [-0.3, -0.25) is 4.98 Å². The molecular weight excluding hydrogens is 626 g/mol. The topological polar surface area (TPSA) is 87.2 Å². The number of aromatic nitrogens is 1. The Bertz CT molecular complexity index is 1340. The van der Waals surface area contributed by atoms with Crippen molar-refractivity contribution < 1.29 is 19.1 Å². The predicted molar refractivity (Wildman–Crippen MR) is 203 cm³/mol. The second-order valence-corrected chi connectivity index (χ2v) is 16.4. The summed E-state index contributed by atoms with van der Waals surface area (Å²) in [6, 6.07) is 10.6. The molecule has 6 rings (SSSR count). The number of amides is 2. The van der Waals surface area contributed by atoms with Gasteiger partial charge in [0, 0.05) is 56.3 Å². The van der Waals surface area contributed by atoms with Gasteiger partial charge in [-0.2, -0.15) is 0 Å². The lowest BCUT2D eigenvalue weighted by atomic mass is 9.89. The number of hydrogen-bond acceptors (Lipinski definition) is 7. The van der Waals surface area contributed by atoms with Crippen LogP contribution in [0, 0.1) is 5.92 Å². The Hall–Kier alpha value is -3.33. The van der Waals surface area contributed by atoms with Crippen LogP contribution in [0.2, 0.25) is 0 Å². The van der Waals surface area contributed by atoms with E-state index in [-0.39, 0.29) is 18.2 Å². The molecule has 1 saturated heterocycles. The first-order chi connectivity index (χ1) is 23.7. The largest absolute Gasteiger partial charge is 0.444 e. The Morgan fingerprint density at radius 3 is 2.10 bits per heavy atom. The smallest absolute Gasteiger partial charge is 0.410 e. The number of rotatable bonds is 3. The fraction of sp³-hybridized carbons (Fsp3) is 0.683. The fourth-order valence-electron chi connectivity index (χ4n) is 7.28. The summed E-state index contributed by atoms with van der Waals surface area (Å²) in [5, 5.41) is 3.24. The van der Waals surface area contributed by atoms with Crippen LogP contribution >= 0.6 is 0 Å². The van der Waals surface area contributed by atoms with Gasteiger partial charge in [-0.15, -0.1) is 0 Å². The van der Waals surface area contributed by atoms with Crippen LogP contribution in [0.3, 0.4) is 0 Å². The van der Waals surface area contributed by atoms with E-state index in [2.05, 4.69) is 53.4 Å². The van der Waals surface area contributed by atoms with Gasteiger partial charge in [-0.25, -0.2) is 9.59 Å². The predicted octanol–water partition coefficient (Wildman–Crippen LogP) is 8.17. The summed E-state index contributed by atoms with van der Waals surface area (Å²) in [5.74, 6) is 0.990. The number of hydrogen-bond donors (Lipinski definition) is 1. The normalized spacial score (nSPS) is 19.5. The van der Waals surface area contributed by atoms with Crippen LogP contribution in [-0.2, 0) is 35.3 Å². The third-order valence-electron chi connectivity index (χ3n) is 9.83. The highest BCUT2D eigenvalue weighted by atomic mass is 16.6. The van der Waals surface area contributed by atoms with Crippen LogP contribution in [0.5, 0.6) is 0 Å². The van der Waals surface area contributed by atoms with E-state index in [9.17, 15) is 9.59 Å². The zero-order valence-electron chi connectivity index (χ0n) is 32.4. The van der Waals surface area contributed by atoms with Gasteiger partial charge in [0.15, 0.2) is 0 Å². The molecule has 1 saturated carbocycles. The number of carbonyl (C=O) groups excluding carboxylic acids is 2. The molecule has 2 aliphatic carbocycles. The second kappa shape index (κ2) is 18.2. The van der Waals surface area contributed by atoms with Crippen molar-refractivity contribution in [2.45, 2.75) is 136 Å². The van der Waals surface area contributed by atoms with Crippen LogP contribution in [-0.4, -0.2) is 84.0 Å². The molecule has 1 N–H and O–H groups in total. The van der Waals surface area contributed by atoms with Gasteiger partial charge >= 0.3 is 12.2 Å². The molecule has 278 valence electrons. The molecular formula is C41H65N5O4. The van der Waals surface area contributed by atoms with E-state index in [1.54, 1.807) is 4.90 Å². The summed E-state index contributed by atoms with van der Waals surface area (Å²) < 4.78 is 11.1. The average molecular weight is 692 g/mol. The van der Waals surface area contributed by atoms with Gasteiger partial charge in [0.2, 0.25) is 0 Å². The third-order valence-corrected chi connectivity index (χ3v) is 9.83. The van der Waals surface area contributed by atoms with Crippen LogP contribution in [0.4, 0.5) is 15.3 Å². The summed E-state index contributed by atoms with van der Waals surface area (Å²) in [7, 11) is 2.05. The number of nitrogens with one attached hydrogen (secondary N) is 1. The van der Waals surface area contributed by atoms with E-state index in [0.29, 0.717) is 19.6 Å². The summed E-state index contributed by atoms with van der Waals surface area (Å²) >= 11 is 0. The van der Waals surface area contributed by atoms with Gasteiger partial charge in [-0.1, -0.05) is 37.5 Å².